The lowest BCUT2D eigenvalue weighted by atomic mass is 10.00. The van der Waals surface area contributed by atoms with Crippen LogP contribution in [0.15, 0.2) is 40.9 Å². The van der Waals surface area contributed by atoms with E-state index in [2.05, 4.69) is 39.5 Å². The lowest BCUT2D eigenvalue weighted by Gasteiger charge is -2.29. The molecule has 3 nitrogen and oxygen atoms in total. The number of hydrogen-bond donors (Lipinski definition) is 0. The first-order valence-corrected chi connectivity index (χ1v) is 7.43. The summed E-state index contributed by atoms with van der Waals surface area (Å²) >= 11 is 3.42. The molecule has 2 rings (SSSR count). The van der Waals surface area contributed by atoms with Crippen LogP contribution in [-0.4, -0.2) is 12.6 Å². The zero-order valence-corrected chi connectivity index (χ0v) is 12.8. The molecular formula is C16H16BrN3. The van der Waals surface area contributed by atoms with Gasteiger partial charge in [-0.3, -0.25) is 0 Å². The van der Waals surface area contributed by atoms with Crippen molar-refractivity contribution in [3.63, 3.8) is 0 Å². The van der Waals surface area contributed by atoms with Crippen molar-refractivity contribution in [2.24, 2.45) is 5.92 Å². The van der Waals surface area contributed by atoms with Crippen LogP contribution in [0.1, 0.15) is 19.3 Å². The number of rotatable bonds is 4. The van der Waals surface area contributed by atoms with Crippen LogP contribution in [0.3, 0.4) is 0 Å². The summed E-state index contributed by atoms with van der Waals surface area (Å²) in [4.78, 5) is 2.14. The van der Waals surface area contributed by atoms with Crippen LogP contribution in [0.4, 0.5) is 5.69 Å². The van der Waals surface area contributed by atoms with Crippen LogP contribution in [0.25, 0.3) is 0 Å². The summed E-state index contributed by atoms with van der Waals surface area (Å²) in [5, 5.41) is 18.0. The summed E-state index contributed by atoms with van der Waals surface area (Å²) in [6.45, 7) is 4.20. The first-order valence-electron chi connectivity index (χ1n) is 6.63. The first-order chi connectivity index (χ1) is 9.65. The Morgan fingerprint density at radius 3 is 2.60 bits per heavy atom. The molecular weight excluding hydrogens is 314 g/mol. The number of halogens is 1. The maximum Gasteiger partial charge on any atom is 0.106 e. The van der Waals surface area contributed by atoms with E-state index in [1.807, 2.05) is 24.3 Å². The molecule has 1 aromatic carbocycles. The molecule has 0 radical (unpaired) electrons. The molecule has 1 aromatic rings. The number of allylic oxidation sites excluding steroid dienone is 1. The highest BCUT2D eigenvalue weighted by molar-refractivity contribution is 9.10. The Morgan fingerprint density at radius 2 is 2.00 bits per heavy atom. The van der Waals surface area contributed by atoms with Gasteiger partial charge in [-0.05, 0) is 49.4 Å². The molecule has 1 saturated carbocycles. The second kappa shape index (κ2) is 6.59. The number of nitriles is 2. The molecule has 0 spiro atoms. The summed E-state index contributed by atoms with van der Waals surface area (Å²) in [5.41, 5.74) is 1.73. The minimum absolute atomic E-state index is 0.265. The molecule has 0 N–H and O–H groups in total. The molecule has 0 bridgehead atoms. The molecule has 4 heteroatoms. The van der Waals surface area contributed by atoms with Crippen molar-refractivity contribution in [3.05, 3.63) is 40.9 Å². The third kappa shape index (κ3) is 3.21. The van der Waals surface area contributed by atoms with Crippen LogP contribution in [0.5, 0.6) is 0 Å². The Balaban J connectivity index is 2.15. The summed E-state index contributed by atoms with van der Waals surface area (Å²) in [6.07, 6.45) is 2.89. The molecule has 0 aliphatic heterocycles. The van der Waals surface area contributed by atoms with Gasteiger partial charge in [0.15, 0.2) is 0 Å². The van der Waals surface area contributed by atoms with Crippen molar-refractivity contribution in [2.45, 2.75) is 25.3 Å². The molecule has 2 unspecified atom stereocenters. The zero-order valence-electron chi connectivity index (χ0n) is 11.2. The quantitative estimate of drug-likeness (QED) is 0.619. The van der Waals surface area contributed by atoms with Crippen LogP contribution >= 0.6 is 15.9 Å². The third-order valence-corrected chi connectivity index (χ3v) is 4.41. The molecule has 0 aromatic heterocycles. The standard InChI is InChI=1S/C16H16BrN3/c1-12(11-19)13-2-5-16(10-13)20(9-8-18)15-6-3-14(17)4-7-15/h3-4,6-7,13,16H,1-2,5,9-10H2. The van der Waals surface area contributed by atoms with Gasteiger partial charge in [0.05, 0.1) is 12.1 Å². The van der Waals surface area contributed by atoms with Gasteiger partial charge in [-0.15, -0.1) is 0 Å². The highest BCUT2D eigenvalue weighted by atomic mass is 79.9. The summed E-state index contributed by atoms with van der Waals surface area (Å²) in [7, 11) is 0. The molecule has 1 fully saturated rings. The van der Waals surface area contributed by atoms with Crippen molar-refractivity contribution in [1.82, 2.24) is 0 Å². The highest BCUT2D eigenvalue weighted by Gasteiger charge is 2.30. The minimum Gasteiger partial charge on any atom is -0.355 e. The predicted molar refractivity (Wildman–Crippen MR) is 83.0 cm³/mol. The Kier molecular flexibility index (Phi) is 4.82. The van der Waals surface area contributed by atoms with E-state index in [9.17, 15) is 0 Å². The van der Waals surface area contributed by atoms with E-state index in [-0.39, 0.29) is 5.92 Å². The Bertz CT molecular complexity index is 565. The van der Waals surface area contributed by atoms with Gasteiger partial charge >= 0.3 is 0 Å². The highest BCUT2D eigenvalue weighted by Crippen LogP contribution is 2.35. The average Bonchev–Trinajstić information content (AvgIpc) is 2.94. The van der Waals surface area contributed by atoms with Crippen LogP contribution in [-0.2, 0) is 0 Å². The molecule has 0 amide bonds. The number of hydrogen-bond acceptors (Lipinski definition) is 3. The molecule has 1 aliphatic carbocycles. The maximum absolute atomic E-state index is 9.06. The van der Waals surface area contributed by atoms with Gasteiger partial charge in [-0.2, -0.15) is 10.5 Å². The second-order valence-electron chi connectivity index (χ2n) is 5.06. The van der Waals surface area contributed by atoms with E-state index in [4.69, 9.17) is 10.5 Å². The van der Waals surface area contributed by atoms with Gasteiger partial charge in [0.2, 0.25) is 0 Å². The van der Waals surface area contributed by atoms with Gasteiger partial charge in [0.25, 0.3) is 0 Å². The van der Waals surface area contributed by atoms with Crippen molar-refractivity contribution >= 4 is 21.6 Å². The molecule has 102 valence electrons. The fourth-order valence-corrected chi connectivity index (χ4v) is 3.05. The lowest BCUT2D eigenvalue weighted by molar-refractivity contribution is 0.601. The van der Waals surface area contributed by atoms with Gasteiger partial charge in [-0.25, -0.2) is 0 Å². The topological polar surface area (TPSA) is 50.8 Å². The minimum atomic E-state index is 0.265. The smallest absolute Gasteiger partial charge is 0.106 e. The monoisotopic (exact) mass is 329 g/mol. The second-order valence-corrected chi connectivity index (χ2v) is 5.98. The average molecular weight is 330 g/mol. The summed E-state index contributed by atoms with van der Waals surface area (Å²) in [5.74, 6) is 0.265. The molecule has 2 atom stereocenters. The van der Waals surface area contributed by atoms with Gasteiger partial charge < -0.3 is 4.90 Å². The van der Waals surface area contributed by atoms with Crippen LogP contribution in [0.2, 0.25) is 0 Å². The van der Waals surface area contributed by atoms with Crippen LogP contribution in [0, 0.1) is 28.6 Å². The Hall–Kier alpha value is -1.78. The molecule has 1 aliphatic rings. The van der Waals surface area contributed by atoms with E-state index < -0.39 is 0 Å². The Morgan fingerprint density at radius 1 is 1.30 bits per heavy atom. The van der Waals surface area contributed by atoms with E-state index in [1.165, 1.54) is 0 Å². The summed E-state index contributed by atoms with van der Waals surface area (Å²) in [6, 6.07) is 12.7. The number of benzene rings is 1. The van der Waals surface area contributed by atoms with Crippen molar-refractivity contribution in [3.8, 4) is 12.1 Å². The Labute approximate surface area is 128 Å². The normalized spacial score (nSPS) is 20.9. The third-order valence-electron chi connectivity index (χ3n) is 3.88. The largest absolute Gasteiger partial charge is 0.355 e. The molecule has 20 heavy (non-hydrogen) atoms. The van der Waals surface area contributed by atoms with E-state index >= 15 is 0 Å². The van der Waals surface area contributed by atoms with Crippen molar-refractivity contribution in [2.75, 3.05) is 11.4 Å². The lowest BCUT2D eigenvalue weighted by Crippen LogP contribution is -2.33. The van der Waals surface area contributed by atoms with Gasteiger partial charge in [-0.1, -0.05) is 22.5 Å². The fourth-order valence-electron chi connectivity index (χ4n) is 2.79. The van der Waals surface area contributed by atoms with Gasteiger partial charge in [0.1, 0.15) is 6.54 Å². The molecule has 0 heterocycles. The van der Waals surface area contributed by atoms with Crippen molar-refractivity contribution < 1.29 is 0 Å². The number of anilines is 1. The van der Waals surface area contributed by atoms with Gasteiger partial charge in [0, 0.05) is 21.8 Å². The van der Waals surface area contributed by atoms with E-state index in [0.717, 1.165) is 29.4 Å². The van der Waals surface area contributed by atoms with Crippen LogP contribution < -0.4 is 4.90 Å². The first kappa shape index (κ1) is 14.6. The molecule has 0 saturated heterocycles. The zero-order chi connectivity index (χ0) is 14.5. The SMILES string of the molecule is C=C(C#N)C1CCC(N(CC#N)c2ccc(Br)cc2)C1. The van der Waals surface area contributed by atoms with E-state index in [0.29, 0.717) is 18.2 Å². The van der Waals surface area contributed by atoms with Crippen molar-refractivity contribution in [1.29, 1.82) is 10.5 Å². The fraction of sp³-hybridized carbons (Fsp3) is 0.375. The maximum atomic E-state index is 9.06. The van der Waals surface area contributed by atoms with E-state index in [1.54, 1.807) is 0 Å². The summed E-state index contributed by atoms with van der Waals surface area (Å²) < 4.78 is 1.03. The predicted octanol–water partition coefficient (Wildman–Crippen LogP) is 4.03. The number of nitrogens with zero attached hydrogens (tertiary/aromatic N) is 3.